The lowest BCUT2D eigenvalue weighted by atomic mass is 10.1. The van der Waals surface area contributed by atoms with Gasteiger partial charge in [-0.15, -0.1) is 0 Å². The number of methoxy groups -OCH3 is 3. The molecule has 112 valence electrons. The van der Waals surface area contributed by atoms with Crippen molar-refractivity contribution in [3.63, 3.8) is 0 Å². The van der Waals surface area contributed by atoms with E-state index in [9.17, 15) is 4.79 Å². The molecule has 2 rings (SSSR count). The summed E-state index contributed by atoms with van der Waals surface area (Å²) in [6, 6.07) is 3.33. The lowest BCUT2D eigenvalue weighted by molar-refractivity contribution is 0.102. The summed E-state index contributed by atoms with van der Waals surface area (Å²) in [4.78, 5) is 12.3. The van der Waals surface area contributed by atoms with E-state index in [1.807, 2.05) is 6.92 Å². The molecule has 1 aromatic heterocycles. The van der Waals surface area contributed by atoms with Gasteiger partial charge in [-0.05, 0) is 30.6 Å². The first-order valence-corrected chi connectivity index (χ1v) is 6.96. The second-order valence-corrected chi connectivity index (χ2v) is 4.83. The van der Waals surface area contributed by atoms with Crippen LogP contribution < -0.4 is 19.5 Å². The van der Waals surface area contributed by atoms with Gasteiger partial charge in [0.1, 0.15) is 17.2 Å². The highest BCUT2D eigenvalue weighted by Gasteiger charge is 2.16. The molecule has 0 unspecified atom stereocenters. The number of rotatable bonds is 5. The molecule has 0 saturated heterocycles. The molecule has 1 N–H and O–H groups in total. The van der Waals surface area contributed by atoms with Crippen LogP contribution in [-0.2, 0) is 0 Å². The van der Waals surface area contributed by atoms with E-state index in [0.29, 0.717) is 28.6 Å². The summed E-state index contributed by atoms with van der Waals surface area (Å²) in [5.41, 5.74) is 1.81. The largest absolute Gasteiger partial charge is 0.496 e. The van der Waals surface area contributed by atoms with Gasteiger partial charge in [0.15, 0.2) is 0 Å². The van der Waals surface area contributed by atoms with Gasteiger partial charge >= 0.3 is 0 Å². The van der Waals surface area contributed by atoms with Crippen LogP contribution in [0.3, 0.4) is 0 Å². The molecule has 7 heteroatoms. The number of carbonyl (C=O) groups is 1. The molecule has 0 fully saturated rings. The molecule has 21 heavy (non-hydrogen) atoms. The Kier molecular flexibility index (Phi) is 4.64. The Bertz CT molecular complexity index is 629. The molecule has 0 aliphatic carbocycles. The van der Waals surface area contributed by atoms with Gasteiger partial charge in [-0.3, -0.25) is 4.79 Å². The summed E-state index contributed by atoms with van der Waals surface area (Å²) in [6.45, 7) is 1.87. The van der Waals surface area contributed by atoms with Crippen molar-refractivity contribution in [2.24, 2.45) is 0 Å². The third-order valence-electron chi connectivity index (χ3n) is 2.99. The molecule has 0 radical (unpaired) electrons. The van der Waals surface area contributed by atoms with Crippen LogP contribution in [0.25, 0.3) is 0 Å². The van der Waals surface area contributed by atoms with Gasteiger partial charge < -0.3 is 19.5 Å². The minimum atomic E-state index is -0.287. The van der Waals surface area contributed by atoms with E-state index in [0.717, 1.165) is 5.56 Å². The highest BCUT2D eigenvalue weighted by atomic mass is 32.1. The van der Waals surface area contributed by atoms with Crippen molar-refractivity contribution in [1.29, 1.82) is 0 Å². The van der Waals surface area contributed by atoms with Crippen LogP contribution in [0.4, 0.5) is 5.69 Å². The maximum Gasteiger partial charge on any atom is 0.256 e. The van der Waals surface area contributed by atoms with E-state index in [1.54, 1.807) is 31.7 Å². The zero-order valence-electron chi connectivity index (χ0n) is 12.2. The molecule has 0 spiro atoms. The molecule has 1 amide bonds. The van der Waals surface area contributed by atoms with Crippen molar-refractivity contribution >= 4 is 23.1 Å². The first-order chi connectivity index (χ1) is 10.1. The van der Waals surface area contributed by atoms with Crippen LogP contribution in [0.5, 0.6) is 17.4 Å². The normalized spacial score (nSPS) is 10.1. The van der Waals surface area contributed by atoms with Crippen LogP contribution in [0, 0.1) is 6.92 Å². The van der Waals surface area contributed by atoms with Crippen LogP contribution in [-0.4, -0.2) is 31.6 Å². The maximum atomic E-state index is 12.3. The van der Waals surface area contributed by atoms with Crippen molar-refractivity contribution < 1.29 is 19.0 Å². The Morgan fingerprint density at radius 1 is 1.14 bits per heavy atom. The van der Waals surface area contributed by atoms with Gasteiger partial charge in [0.25, 0.3) is 5.91 Å². The monoisotopic (exact) mass is 308 g/mol. The van der Waals surface area contributed by atoms with E-state index in [2.05, 4.69) is 9.69 Å². The van der Waals surface area contributed by atoms with E-state index in [4.69, 9.17) is 14.2 Å². The zero-order chi connectivity index (χ0) is 15.4. The standard InChI is InChI=1S/C14H16N2O4S/c1-8-11(18-2)5-9(6-12(8)19-3)13(17)15-10-7-21-16-14(10)20-4/h5-7H,1-4H3,(H,15,17). The van der Waals surface area contributed by atoms with Gasteiger partial charge in [0, 0.05) is 16.5 Å². The Morgan fingerprint density at radius 2 is 1.76 bits per heavy atom. The number of nitrogens with one attached hydrogen (secondary N) is 1. The molecular formula is C14H16N2O4S. The summed E-state index contributed by atoms with van der Waals surface area (Å²) in [5, 5.41) is 4.46. The Labute approximate surface area is 126 Å². The number of amides is 1. The number of anilines is 1. The second-order valence-electron chi connectivity index (χ2n) is 4.20. The average Bonchev–Trinajstić information content (AvgIpc) is 2.94. The lowest BCUT2D eigenvalue weighted by Gasteiger charge is -2.12. The van der Waals surface area contributed by atoms with E-state index < -0.39 is 0 Å². The van der Waals surface area contributed by atoms with E-state index in [1.165, 1.54) is 18.6 Å². The fourth-order valence-electron chi connectivity index (χ4n) is 1.87. The first kappa shape index (κ1) is 15.1. The summed E-state index contributed by atoms with van der Waals surface area (Å²) in [5.74, 6) is 1.29. The highest BCUT2D eigenvalue weighted by Crippen LogP contribution is 2.30. The number of hydrogen-bond donors (Lipinski definition) is 1. The Morgan fingerprint density at radius 3 is 2.29 bits per heavy atom. The van der Waals surface area contributed by atoms with Crippen LogP contribution in [0.15, 0.2) is 17.5 Å². The van der Waals surface area contributed by atoms with Crippen molar-refractivity contribution in [3.8, 4) is 17.4 Å². The molecule has 0 aliphatic heterocycles. The molecule has 0 saturated carbocycles. The van der Waals surface area contributed by atoms with Gasteiger partial charge in [0.2, 0.25) is 5.88 Å². The predicted octanol–water partition coefficient (Wildman–Crippen LogP) is 2.73. The number of aromatic nitrogens is 1. The first-order valence-electron chi connectivity index (χ1n) is 6.13. The van der Waals surface area contributed by atoms with Crippen molar-refractivity contribution in [2.45, 2.75) is 6.92 Å². The fourth-order valence-corrected chi connectivity index (χ4v) is 2.45. The quantitative estimate of drug-likeness (QED) is 0.919. The minimum Gasteiger partial charge on any atom is -0.496 e. The maximum absolute atomic E-state index is 12.3. The van der Waals surface area contributed by atoms with Crippen LogP contribution in [0.2, 0.25) is 0 Å². The Balaban J connectivity index is 2.31. The second kappa shape index (κ2) is 6.45. The van der Waals surface area contributed by atoms with E-state index >= 15 is 0 Å². The number of benzene rings is 1. The summed E-state index contributed by atoms with van der Waals surface area (Å²) in [7, 11) is 4.60. The summed E-state index contributed by atoms with van der Waals surface area (Å²) < 4.78 is 19.6. The molecular weight excluding hydrogens is 292 g/mol. The minimum absolute atomic E-state index is 0.287. The smallest absolute Gasteiger partial charge is 0.256 e. The number of carbonyl (C=O) groups excluding carboxylic acids is 1. The number of ether oxygens (including phenoxy) is 3. The van der Waals surface area contributed by atoms with Crippen LogP contribution in [0.1, 0.15) is 15.9 Å². The van der Waals surface area contributed by atoms with Gasteiger partial charge in [0.05, 0.1) is 21.3 Å². The summed E-state index contributed by atoms with van der Waals surface area (Å²) >= 11 is 1.21. The van der Waals surface area contributed by atoms with E-state index in [-0.39, 0.29) is 5.91 Å². The molecule has 6 nitrogen and oxygen atoms in total. The third kappa shape index (κ3) is 3.08. The average molecular weight is 308 g/mol. The number of nitrogens with zero attached hydrogens (tertiary/aromatic N) is 1. The van der Waals surface area contributed by atoms with Crippen molar-refractivity contribution in [2.75, 3.05) is 26.6 Å². The zero-order valence-corrected chi connectivity index (χ0v) is 13.0. The summed E-state index contributed by atoms with van der Waals surface area (Å²) in [6.07, 6.45) is 0. The van der Waals surface area contributed by atoms with Gasteiger partial charge in [-0.25, -0.2) is 0 Å². The molecule has 1 aromatic carbocycles. The highest BCUT2D eigenvalue weighted by molar-refractivity contribution is 7.04. The SMILES string of the molecule is COc1cc(C(=O)Nc2csnc2OC)cc(OC)c1C. The molecule has 0 atom stereocenters. The van der Waals surface area contributed by atoms with Gasteiger partial charge in [-0.1, -0.05) is 0 Å². The lowest BCUT2D eigenvalue weighted by Crippen LogP contribution is -2.12. The van der Waals surface area contributed by atoms with Crippen molar-refractivity contribution in [1.82, 2.24) is 4.37 Å². The van der Waals surface area contributed by atoms with Crippen molar-refractivity contribution in [3.05, 3.63) is 28.6 Å². The third-order valence-corrected chi connectivity index (χ3v) is 3.60. The molecule has 2 aromatic rings. The number of hydrogen-bond acceptors (Lipinski definition) is 6. The topological polar surface area (TPSA) is 69.7 Å². The molecule has 1 heterocycles. The molecule has 0 aliphatic rings. The van der Waals surface area contributed by atoms with Gasteiger partial charge in [-0.2, -0.15) is 4.37 Å². The molecule has 0 bridgehead atoms. The fraction of sp³-hybridized carbons (Fsp3) is 0.286. The van der Waals surface area contributed by atoms with Crippen LogP contribution >= 0.6 is 11.5 Å². The predicted molar refractivity (Wildman–Crippen MR) is 80.9 cm³/mol. The Hall–Kier alpha value is -2.28.